The first-order chi connectivity index (χ1) is 11.0. The smallest absolute Gasteiger partial charge is 0.227 e. The molecule has 0 spiro atoms. The van der Waals surface area contributed by atoms with Gasteiger partial charge in [0.25, 0.3) is 0 Å². The van der Waals surface area contributed by atoms with Gasteiger partial charge in [0, 0.05) is 12.5 Å². The maximum Gasteiger partial charge on any atom is 0.227 e. The largest absolute Gasteiger partial charge is 0.369 e. The van der Waals surface area contributed by atoms with Crippen LogP contribution < -0.4 is 11.1 Å². The van der Waals surface area contributed by atoms with E-state index in [0.29, 0.717) is 25.9 Å². The minimum Gasteiger partial charge on any atom is -0.369 e. The molecule has 1 fully saturated rings. The Balaban J connectivity index is 2.71. The molecular formula is C17H30N3O3. The molecule has 0 aromatic carbocycles. The highest BCUT2D eigenvalue weighted by Gasteiger charge is 2.30. The molecule has 3 N–H and O–H groups in total. The summed E-state index contributed by atoms with van der Waals surface area (Å²) in [6.45, 7) is 5.52. The van der Waals surface area contributed by atoms with Crippen LogP contribution >= 0.6 is 0 Å². The van der Waals surface area contributed by atoms with Gasteiger partial charge in [-0.1, -0.05) is 26.7 Å². The van der Waals surface area contributed by atoms with Gasteiger partial charge in [-0.2, -0.15) is 0 Å². The summed E-state index contributed by atoms with van der Waals surface area (Å²) in [7, 11) is 0. The van der Waals surface area contributed by atoms with Gasteiger partial charge in [0.05, 0.1) is 19.0 Å². The Morgan fingerprint density at radius 2 is 2.17 bits per heavy atom. The van der Waals surface area contributed by atoms with E-state index in [0.717, 1.165) is 32.2 Å². The molecule has 2 amide bonds. The molecule has 1 aliphatic heterocycles. The van der Waals surface area contributed by atoms with E-state index in [1.165, 1.54) is 6.42 Å². The molecule has 2 atom stereocenters. The molecule has 1 aliphatic rings. The lowest BCUT2D eigenvalue weighted by Crippen LogP contribution is -2.47. The average Bonchev–Trinajstić information content (AvgIpc) is 2.73. The fraction of sp³-hybridized carbons (Fsp3) is 0.765. The van der Waals surface area contributed by atoms with Gasteiger partial charge in [0.1, 0.15) is 0 Å². The Kier molecular flexibility index (Phi) is 8.84. The van der Waals surface area contributed by atoms with Crippen molar-refractivity contribution >= 4 is 17.6 Å². The van der Waals surface area contributed by atoms with Crippen molar-refractivity contribution < 1.29 is 14.4 Å². The first kappa shape index (κ1) is 19.6. The van der Waals surface area contributed by atoms with Crippen LogP contribution in [0.4, 0.5) is 0 Å². The molecule has 1 unspecified atom stereocenters. The van der Waals surface area contributed by atoms with Gasteiger partial charge in [-0.15, -0.1) is 0 Å². The number of carbonyl (C=O) groups is 3. The summed E-state index contributed by atoms with van der Waals surface area (Å²) < 4.78 is 0. The highest BCUT2D eigenvalue weighted by atomic mass is 16.2. The topological polar surface area (TPSA) is 92.5 Å². The Bertz CT molecular complexity index is 412. The second-order valence-electron chi connectivity index (χ2n) is 6.28. The molecule has 0 aliphatic carbocycles. The highest BCUT2D eigenvalue weighted by Crippen LogP contribution is 2.16. The zero-order valence-corrected chi connectivity index (χ0v) is 14.3. The van der Waals surface area contributed by atoms with Gasteiger partial charge in [0.2, 0.25) is 11.8 Å². The van der Waals surface area contributed by atoms with Gasteiger partial charge >= 0.3 is 0 Å². The number of amides is 2. The fourth-order valence-electron chi connectivity index (χ4n) is 2.70. The van der Waals surface area contributed by atoms with Gasteiger partial charge < -0.3 is 16.0 Å². The molecule has 131 valence electrons. The monoisotopic (exact) mass is 324 g/mol. The Labute approximate surface area is 139 Å². The van der Waals surface area contributed by atoms with Crippen molar-refractivity contribution in [1.29, 1.82) is 0 Å². The van der Waals surface area contributed by atoms with Crippen molar-refractivity contribution in [3.05, 3.63) is 6.42 Å². The summed E-state index contributed by atoms with van der Waals surface area (Å²) in [4.78, 5) is 37.7. The molecule has 1 saturated heterocycles. The SMILES string of the molecule is CCCCCN(C(=O)[CH]CC(C)C(N)=O)[C@H]1CCCNCC1=O. The van der Waals surface area contributed by atoms with Crippen LogP contribution in [0.2, 0.25) is 0 Å². The number of primary amides is 1. The molecule has 0 aromatic heterocycles. The second-order valence-corrected chi connectivity index (χ2v) is 6.28. The number of hydrogen-bond donors (Lipinski definition) is 2. The maximum atomic E-state index is 12.6. The maximum absolute atomic E-state index is 12.6. The number of rotatable bonds is 9. The third-order valence-electron chi connectivity index (χ3n) is 4.30. The summed E-state index contributed by atoms with van der Waals surface area (Å²) in [6, 6.07) is -0.352. The molecule has 6 nitrogen and oxygen atoms in total. The van der Waals surface area contributed by atoms with Crippen molar-refractivity contribution in [2.45, 2.75) is 58.4 Å². The van der Waals surface area contributed by atoms with Crippen LogP contribution in [-0.4, -0.2) is 48.2 Å². The lowest BCUT2D eigenvalue weighted by atomic mass is 10.0. The number of nitrogens with zero attached hydrogens (tertiary/aromatic N) is 1. The first-order valence-corrected chi connectivity index (χ1v) is 8.63. The Morgan fingerprint density at radius 1 is 1.43 bits per heavy atom. The van der Waals surface area contributed by atoms with Crippen molar-refractivity contribution in [2.24, 2.45) is 11.7 Å². The van der Waals surface area contributed by atoms with Gasteiger partial charge in [0.15, 0.2) is 5.78 Å². The molecule has 0 bridgehead atoms. The number of ketones is 1. The second kappa shape index (κ2) is 10.4. The third kappa shape index (κ3) is 6.69. The van der Waals surface area contributed by atoms with E-state index in [4.69, 9.17) is 5.73 Å². The molecule has 1 heterocycles. The minimum absolute atomic E-state index is 0.0729. The van der Waals surface area contributed by atoms with Crippen molar-refractivity contribution in [3.63, 3.8) is 0 Å². The van der Waals surface area contributed by atoms with E-state index in [-0.39, 0.29) is 23.7 Å². The fourth-order valence-corrected chi connectivity index (χ4v) is 2.70. The summed E-state index contributed by atoms with van der Waals surface area (Å²) in [6.07, 6.45) is 6.38. The summed E-state index contributed by atoms with van der Waals surface area (Å²) in [5.74, 6) is -0.873. The summed E-state index contributed by atoms with van der Waals surface area (Å²) in [5.41, 5.74) is 5.24. The van der Waals surface area contributed by atoms with Gasteiger partial charge in [-0.3, -0.25) is 14.4 Å². The number of hydrogen-bond acceptors (Lipinski definition) is 4. The van der Waals surface area contributed by atoms with Gasteiger partial charge in [-0.05, 0) is 32.2 Å². The van der Waals surface area contributed by atoms with Crippen LogP contribution in [0, 0.1) is 12.3 Å². The van der Waals surface area contributed by atoms with E-state index in [1.54, 1.807) is 11.8 Å². The predicted octanol–water partition coefficient (Wildman–Crippen LogP) is 1.04. The van der Waals surface area contributed by atoms with E-state index in [2.05, 4.69) is 12.2 Å². The van der Waals surface area contributed by atoms with Gasteiger partial charge in [-0.25, -0.2) is 0 Å². The number of nitrogens with one attached hydrogen (secondary N) is 1. The number of Topliss-reactive ketones (excluding diaryl/α,β-unsaturated/α-hetero) is 1. The number of unbranched alkanes of at least 4 members (excludes halogenated alkanes) is 2. The summed E-state index contributed by atoms with van der Waals surface area (Å²) in [5, 5.41) is 3.09. The predicted molar refractivity (Wildman–Crippen MR) is 89.4 cm³/mol. The lowest BCUT2D eigenvalue weighted by molar-refractivity contribution is -0.137. The third-order valence-corrected chi connectivity index (χ3v) is 4.30. The molecule has 6 heteroatoms. The van der Waals surface area contributed by atoms with Crippen molar-refractivity contribution in [3.8, 4) is 0 Å². The molecule has 0 saturated carbocycles. The molecular weight excluding hydrogens is 294 g/mol. The van der Waals surface area contributed by atoms with E-state index in [1.807, 2.05) is 0 Å². The average molecular weight is 324 g/mol. The van der Waals surface area contributed by atoms with E-state index >= 15 is 0 Å². The Morgan fingerprint density at radius 3 is 2.83 bits per heavy atom. The molecule has 1 radical (unpaired) electrons. The van der Waals surface area contributed by atoms with Crippen LogP contribution in [0.25, 0.3) is 0 Å². The van der Waals surface area contributed by atoms with Crippen LogP contribution in [0.15, 0.2) is 0 Å². The lowest BCUT2D eigenvalue weighted by Gasteiger charge is -2.30. The van der Waals surface area contributed by atoms with Crippen LogP contribution in [0.5, 0.6) is 0 Å². The van der Waals surface area contributed by atoms with Crippen LogP contribution in [0.3, 0.4) is 0 Å². The zero-order chi connectivity index (χ0) is 17.2. The number of nitrogens with two attached hydrogens (primary N) is 1. The minimum atomic E-state index is -0.415. The quantitative estimate of drug-likeness (QED) is 0.620. The van der Waals surface area contributed by atoms with Crippen molar-refractivity contribution in [1.82, 2.24) is 10.2 Å². The van der Waals surface area contributed by atoms with Crippen molar-refractivity contribution in [2.75, 3.05) is 19.6 Å². The standard InChI is InChI=1S/C17H30N3O3/c1-3-4-5-11-20(14-7-6-10-19-12-15(14)21)16(22)9-8-13(2)17(18)23/h9,13-14,19H,3-8,10-12H2,1-2H3,(H2,18,23)/t13?,14-/m0/s1. The van der Waals surface area contributed by atoms with E-state index in [9.17, 15) is 14.4 Å². The molecule has 0 aromatic rings. The number of carbonyl (C=O) groups excluding carboxylic acids is 3. The molecule has 23 heavy (non-hydrogen) atoms. The molecule has 1 rings (SSSR count). The van der Waals surface area contributed by atoms with Crippen LogP contribution in [-0.2, 0) is 14.4 Å². The zero-order valence-electron chi connectivity index (χ0n) is 14.3. The first-order valence-electron chi connectivity index (χ1n) is 8.63. The van der Waals surface area contributed by atoms with Crippen LogP contribution in [0.1, 0.15) is 52.4 Å². The normalized spacial score (nSPS) is 19.9. The van der Waals surface area contributed by atoms with E-state index < -0.39 is 5.91 Å². The Hall–Kier alpha value is -1.43. The highest BCUT2D eigenvalue weighted by molar-refractivity contribution is 5.93. The summed E-state index contributed by atoms with van der Waals surface area (Å²) >= 11 is 0.